The molecule has 2 heterocycles. The average molecular weight is 313 g/mol. The van der Waals surface area contributed by atoms with E-state index in [9.17, 15) is 23.1 Å². The Morgan fingerprint density at radius 1 is 1.41 bits per heavy atom. The molecule has 22 heavy (non-hydrogen) atoms. The van der Waals surface area contributed by atoms with Crippen LogP contribution in [0, 0.1) is 0 Å². The second kappa shape index (κ2) is 4.54. The van der Waals surface area contributed by atoms with E-state index in [-0.39, 0.29) is 11.1 Å². The highest BCUT2D eigenvalue weighted by molar-refractivity contribution is 5.89. The molecule has 1 atom stereocenters. The van der Waals surface area contributed by atoms with E-state index in [2.05, 4.69) is 19.9 Å². The molecule has 0 fully saturated rings. The summed E-state index contributed by atoms with van der Waals surface area (Å²) in [7, 11) is 1.13. The maximum Gasteiger partial charge on any atom is 0.442 e. The molecular formula is C13H10F3N3O3. The number of aromatic nitrogens is 1. The van der Waals surface area contributed by atoms with Crippen molar-refractivity contribution in [3.63, 3.8) is 0 Å². The minimum Gasteiger partial charge on any atom is -0.467 e. The number of aromatic amines is 1. The minimum atomic E-state index is -4.61. The Morgan fingerprint density at radius 2 is 2.09 bits per heavy atom. The van der Waals surface area contributed by atoms with E-state index in [1.54, 1.807) is 0 Å². The van der Waals surface area contributed by atoms with Crippen molar-refractivity contribution < 1.29 is 27.8 Å². The Morgan fingerprint density at radius 3 is 2.64 bits per heavy atom. The first-order valence-electron chi connectivity index (χ1n) is 6.18. The third kappa shape index (κ3) is 1.97. The van der Waals surface area contributed by atoms with Crippen LogP contribution in [0.15, 0.2) is 34.6 Å². The van der Waals surface area contributed by atoms with Crippen LogP contribution in [0.2, 0.25) is 0 Å². The molecule has 9 heteroatoms. The zero-order chi connectivity index (χ0) is 16.1. The molecule has 0 bridgehead atoms. The fourth-order valence-electron chi connectivity index (χ4n) is 2.27. The van der Waals surface area contributed by atoms with Gasteiger partial charge in [-0.15, -0.1) is 10.2 Å². The first-order chi connectivity index (χ1) is 10.3. The maximum atomic E-state index is 13.0. The van der Waals surface area contributed by atoms with Gasteiger partial charge in [0, 0.05) is 28.2 Å². The van der Waals surface area contributed by atoms with Gasteiger partial charge in [0.25, 0.3) is 0 Å². The standard InChI is InChI=1S/C13H10F3N3O3/c1-22-11(21)10(20)8-5-17-9-4-6(2-3-7(8)9)12(18-19-12)13(14,15)16/h2-5,10,17,20H,1H3. The molecule has 0 aliphatic carbocycles. The van der Waals surface area contributed by atoms with Crippen molar-refractivity contribution in [2.75, 3.05) is 7.11 Å². The fourth-order valence-corrected chi connectivity index (χ4v) is 2.27. The number of rotatable bonds is 3. The highest BCUT2D eigenvalue weighted by atomic mass is 19.4. The van der Waals surface area contributed by atoms with E-state index in [0.29, 0.717) is 10.9 Å². The van der Waals surface area contributed by atoms with Crippen LogP contribution in [0.3, 0.4) is 0 Å². The third-order valence-corrected chi connectivity index (χ3v) is 3.53. The smallest absolute Gasteiger partial charge is 0.442 e. The van der Waals surface area contributed by atoms with E-state index in [1.165, 1.54) is 24.4 Å². The number of halogens is 3. The highest BCUT2D eigenvalue weighted by Gasteiger charge is 2.65. The summed E-state index contributed by atoms with van der Waals surface area (Å²) in [6.45, 7) is 0. The van der Waals surface area contributed by atoms with E-state index in [1.807, 2.05) is 0 Å². The summed E-state index contributed by atoms with van der Waals surface area (Å²) in [5.74, 6) is -0.857. The van der Waals surface area contributed by atoms with Crippen molar-refractivity contribution in [1.82, 2.24) is 4.98 Å². The fraction of sp³-hybridized carbons (Fsp3) is 0.308. The first-order valence-corrected chi connectivity index (χ1v) is 6.18. The largest absolute Gasteiger partial charge is 0.467 e. The number of aliphatic hydroxyl groups excluding tert-OH is 1. The van der Waals surface area contributed by atoms with E-state index >= 15 is 0 Å². The van der Waals surface area contributed by atoms with E-state index < -0.39 is 23.9 Å². The van der Waals surface area contributed by atoms with E-state index in [0.717, 1.165) is 7.11 Å². The predicted molar refractivity (Wildman–Crippen MR) is 67.9 cm³/mol. The van der Waals surface area contributed by atoms with Crippen molar-refractivity contribution >= 4 is 16.9 Å². The Kier molecular flexibility index (Phi) is 2.99. The van der Waals surface area contributed by atoms with Crippen LogP contribution < -0.4 is 0 Å². The van der Waals surface area contributed by atoms with Crippen LogP contribution in [0.1, 0.15) is 17.2 Å². The molecule has 3 rings (SSSR count). The number of methoxy groups -OCH3 is 1. The zero-order valence-corrected chi connectivity index (χ0v) is 11.2. The molecule has 1 aromatic heterocycles. The van der Waals surface area contributed by atoms with Gasteiger partial charge in [-0.2, -0.15) is 13.2 Å². The lowest BCUT2D eigenvalue weighted by atomic mass is 10.00. The maximum absolute atomic E-state index is 13.0. The van der Waals surface area contributed by atoms with Crippen LogP contribution in [0.4, 0.5) is 13.2 Å². The summed E-state index contributed by atoms with van der Waals surface area (Å²) in [5, 5.41) is 16.5. The molecule has 1 aromatic carbocycles. The lowest BCUT2D eigenvalue weighted by Gasteiger charge is -2.14. The van der Waals surface area contributed by atoms with Gasteiger partial charge in [0.15, 0.2) is 6.10 Å². The number of hydrogen-bond donors (Lipinski definition) is 2. The molecule has 1 aliphatic rings. The summed E-state index contributed by atoms with van der Waals surface area (Å²) in [6, 6.07) is 3.84. The first kappa shape index (κ1) is 14.5. The van der Waals surface area contributed by atoms with Crippen LogP contribution in [0.25, 0.3) is 10.9 Å². The molecule has 0 spiro atoms. The van der Waals surface area contributed by atoms with Gasteiger partial charge in [0.1, 0.15) is 0 Å². The molecular weight excluding hydrogens is 303 g/mol. The summed E-state index contributed by atoms with van der Waals surface area (Å²) < 4.78 is 43.3. The predicted octanol–water partition coefficient (Wildman–Crippen LogP) is 2.56. The number of aliphatic hydroxyl groups is 1. The van der Waals surface area contributed by atoms with Gasteiger partial charge < -0.3 is 14.8 Å². The molecule has 0 saturated carbocycles. The summed E-state index contributed by atoms with van der Waals surface area (Å²) >= 11 is 0. The highest BCUT2D eigenvalue weighted by Crippen LogP contribution is 2.52. The number of nitrogens with zero attached hydrogens (tertiary/aromatic N) is 2. The van der Waals surface area contributed by atoms with Crippen molar-refractivity contribution in [2.45, 2.75) is 17.9 Å². The zero-order valence-electron chi connectivity index (χ0n) is 11.2. The summed E-state index contributed by atoms with van der Waals surface area (Å²) in [4.78, 5) is 14.1. The summed E-state index contributed by atoms with van der Waals surface area (Å²) in [6.07, 6.45) is -4.78. The number of ether oxygens (including phenoxy) is 1. The second-order valence-corrected chi connectivity index (χ2v) is 4.80. The normalized spacial score (nSPS) is 17.5. The lowest BCUT2D eigenvalue weighted by molar-refractivity contribution is -0.166. The van der Waals surface area contributed by atoms with Crippen LogP contribution in [-0.4, -0.2) is 29.3 Å². The summed E-state index contributed by atoms with van der Waals surface area (Å²) in [5.41, 5.74) is -2.09. The molecule has 6 nitrogen and oxygen atoms in total. The molecule has 0 radical (unpaired) electrons. The van der Waals surface area contributed by atoms with Gasteiger partial charge >= 0.3 is 17.8 Å². The van der Waals surface area contributed by atoms with Gasteiger partial charge in [-0.05, 0) is 6.07 Å². The van der Waals surface area contributed by atoms with Gasteiger partial charge in [-0.1, -0.05) is 12.1 Å². The Hall–Kier alpha value is -2.42. The number of benzene rings is 1. The number of nitrogens with one attached hydrogen (secondary N) is 1. The number of hydrogen-bond acceptors (Lipinski definition) is 5. The van der Waals surface area contributed by atoms with Crippen molar-refractivity contribution in [3.8, 4) is 0 Å². The lowest BCUT2D eigenvalue weighted by Crippen LogP contribution is -2.30. The van der Waals surface area contributed by atoms with Crippen LogP contribution in [0.5, 0.6) is 0 Å². The minimum absolute atomic E-state index is 0.131. The second-order valence-electron chi connectivity index (χ2n) is 4.80. The SMILES string of the molecule is COC(=O)C(O)c1c[nH]c2cc(C3(C(F)(F)F)N=N3)ccc12. The molecule has 2 N–H and O–H groups in total. The number of esters is 1. The molecule has 1 unspecified atom stereocenters. The Labute approximate surface area is 121 Å². The van der Waals surface area contributed by atoms with Crippen molar-refractivity contribution in [3.05, 3.63) is 35.5 Å². The monoisotopic (exact) mass is 313 g/mol. The average Bonchev–Trinajstić information content (AvgIpc) is 3.20. The topological polar surface area (TPSA) is 87.0 Å². The molecule has 2 aromatic rings. The van der Waals surface area contributed by atoms with E-state index in [4.69, 9.17) is 0 Å². The third-order valence-electron chi connectivity index (χ3n) is 3.53. The van der Waals surface area contributed by atoms with Crippen LogP contribution in [-0.2, 0) is 15.2 Å². The number of H-pyrrole nitrogens is 1. The van der Waals surface area contributed by atoms with Gasteiger partial charge in [0.05, 0.1) is 7.11 Å². The molecule has 0 saturated heterocycles. The van der Waals surface area contributed by atoms with Crippen molar-refractivity contribution in [1.29, 1.82) is 0 Å². The van der Waals surface area contributed by atoms with Gasteiger partial charge in [-0.25, -0.2) is 4.79 Å². The quantitative estimate of drug-likeness (QED) is 0.854. The number of carbonyl (C=O) groups is 1. The molecule has 116 valence electrons. The number of alkyl halides is 3. The van der Waals surface area contributed by atoms with Gasteiger partial charge in [0.2, 0.25) is 0 Å². The Bertz CT molecular complexity index is 776. The Balaban J connectivity index is 2.02. The van der Waals surface area contributed by atoms with Gasteiger partial charge in [-0.3, -0.25) is 0 Å². The number of carbonyl (C=O) groups excluding carboxylic acids is 1. The molecule has 1 aliphatic heterocycles. The van der Waals surface area contributed by atoms with Crippen LogP contribution >= 0.6 is 0 Å². The van der Waals surface area contributed by atoms with Crippen molar-refractivity contribution in [2.24, 2.45) is 10.2 Å². The number of fused-ring (bicyclic) bond motifs is 1. The molecule has 0 amide bonds.